The van der Waals surface area contributed by atoms with Crippen molar-refractivity contribution in [1.82, 2.24) is 14.5 Å². The average Bonchev–Trinajstić information content (AvgIpc) is 2.81. The highest BCUT2D eigenvalue weighted by molar-refractivity contribution is 7.89. The van der Waals surface area contributed by atoms with E-state index in [0.717, 1.165) is 25.2 Å². The Morgan fingerprint density at radius 2 is 1.85 bits per heavy atom. The molecule has 0 bridgehead atoms. The molecule has 1 heterocycles. The first-order chi connectivity index (χ1) is 15.8. The van der Waals surface area contributed by atoms with Gasteiger partial charge in [0.05, 0.1) is 22.6 Å². The van der Waals surface area contributed by atoms with Gasteiger partial charge in [-0.1, -0.05) is 54.1 Å². The van der Waals surface area contributed by atoms with Crippen molar-refractivity contribution in [2.75, 3.05) is 39.3 Å². The van der Waals surface area contributed by atoms with Crippen molar-refractivity contribution in [3.63, 3.8) is 0 Å². The van der Waals surface area contributed by atoms with E-state index in [2.05, 4.69) is 33.9 Å². The lowest BCUT2D eigenvalue weighted by molar-refractivity contribution is -0.134. The largest absolute Gasteiger partial charge is 0.492 e. The molecule has 7 nitrogen and oxygen atoms in total. The van der Waals surface area contributed by atoms with Crippen LogP contribution < -0.4 is 9.46 Å². The molecule has 33 heavy (non-hydrogen) atoms. The van der Waals surface area contributed by atoms with Gasteiger partial charge in [0.1, 0.15) is 5.75 Å². The summed E-state index contributed by atoms with van der Waals surface area (Å²) in [5, 5.41) is 0.205. The van der Waals surface area contributed by atoms with Crippen molar-refractivity contribution < 1.29 is 17.9 Å². The summed E-state index contributed by atoms with van der Waals surface area (Å²) >= 11 is 6.12. The second-order valence-electron chi connectivity index (χ2n) is 7.81. The number of benzene rings is 2. The lowest BCUT2D eigenvalue weighted by Gasteiger charge is -2.35. The molecule has 1 fully saturated rings. The van der Waals surface area contributed by atoms with E-state index in [1.54, 1.807) is 11.8 Å². The Hall–Kier alpha value is -2.39. The van der Waals surface area contributed by atoms with E-state index >= 15 is 0 Å². The zero-order valence-corrected chi connectivity index (χ0v) is 20.5. The van der Waals surface area contributed by atoms with Gasteiger partial charge in [-0.05, 0) is 37.6 Å². The fourth-order valence-electron chi connectivity index (χ4n) is 3.60. The maximum Gasteiger partial charge on any atom is 0.241 e. The van der Waals surface area contributed by atoms with Crippen LogP contribution in [0.5, 0.6) is 5.75 Å². The van der Waals surface area contributed by atoms with Gasteiger partial charge < -0.3 is 9.64 Å². The Labute approximate surface area is 201 Å². The van der Waals surface area contributed by atoms with Gasteiger partial charge >= 0.3 is 0 Å². The van der Waals surface area contributed by atoms with Crippen molar-refractivity contribution in [1.29, 1.82) is 0 Å². The number of hydrogen-bond acceptors (Lipinski definition) is 5. The SMILES string of the molecule is CCOc1ccc(S(=O)(=O)N[C@H](C)C(=O)N2CCN(C/C=C/c3ccccc3)CC2)cc1Cl. The Kier molecular flexibility index (Phi) is 8.91. The van der Waals surface area contributed by atoms with E-state index < -0.39 is 16.1 Å². The molecule has 1 N–H and O–H groups in total. The second-order valence-corrected chi connectivity index (χ2v) is 9.93. The minimum Gasteiger partial charge on any atom is -0.492 e. The normalized spacial score (nSPS) is 16.2. The number of carbonyl (C=O) groups excluding carboxylic acids is 1. The molecule has 1 atom stereocenters. The molecule has 1 amide bonds. The molecular formula is C24H30ClN3O4S. The average molecular weight is 492 g/mol. The molecule has 0 unspecified atom stereocenters. The molecule has 0 aliphatic carbocycles. The van der Waals surface area contributed by atoms with Crippen LogP contribution in [0.4, 0.5) is 0 Å². The molecule has 1 aliphatic rings. The number of nitrogens with one attached hydrogen (secondary N) is 1. The van der Waals surface area contributed by atoms with E-state index in [1.165, 1.54) is 18.2 Å². The lowest BCUT2D eigenvalue weighted by atomic mass is 10.2. The first kappa shape index (κ1) is 25.2. The van der Waals surface area contributed by atoms with Crippen LogP contribution in [0.3, 0.4) is 0 Å². The summed E-state index contributed by atoms with van der Waals surface area (Å²) in [5.74, 6) is 0.175. The first-order valence-corrected chi connectivity index (χ1v) is 12.8. The lowest BCUT2D eigenvalue weighted by Crippen LogP contribution is -2.54. The van der Waals surface area contributed by atoms with Crippen LogP contribution in [0.1, 0.15) is 19.4 Å². The van der Waals surface area contributed by atoms with E-state index in [1.807, 2.05) is 25.1 Å². The molecule has 0 aromatic heterocycles. The number of piperazine rings is 1. The van der Waals surface area contributed by atoms with E-state index in [4.69, 9.17) is 16.3 Å². The second kappa shape index (κ2) is 11.7. The van der Waals surface area contributed by atoms with Crippen LogP contribution in [0.2, 0.25) is 5.02 Å². The maximum absolute atomic E-state index is 12.8. The van der Waals surface area contributed by atoms with Crippen LogP contribution in [0, 0.1) is 0 Å². The number of amides is 1. The number of halogens is 1. The number of sulfonamides is 1. The molecule has 9 heteroatoms. The molecule has 2 aromatic rings. The molecule has 3 rings (SSSR count). The van der Waals surface area contributed by atoms with E-state index in [9.17, 15) is 13.2 Å². The number of hydrogen-bond donors (Lipinski definition) is 1. The fourth-order valence-corrected chi connectivity index (χ4v) is 5.12. The molecule has 178 valence electrons. The summed E-state index contributed by atoms with van der Waals surface area (Å²) in [6, 6.07) is 13.5. The molecular weight excluding hydrogens is 462 g/mol. The predicted molar refractivity (Wildman–Crippen MR) is 131 cm³/mol. The Balaban J connectivity index is 1.51. The maximum atomic E-state index is 12.8. The minimum absolute atomic E-state index is 0.00868. The number of rotatable bonds is 9. The Bertz CT molecular complexity index is 1070. The zero-order chi connectivity index (χ0) is 23.8. The van der Waals surface area contributed by atoms with Gasteiger partial charge in [-0.25, -0.2) is 8.42 Å². The van der Waals surface area contributed by atoms with Gasteiger partial charge in [-0.15, -0.1) is 0 Å². The quantitative estimate of drug-likeness (QED) is 0.582. The third-order valence-corrected chi connectivity index (χ3v) is 7.21. The number of carbonyl (C=O) groups is 1. The summed E-state index contributed by atoms with van der Waals surface area (Å²) in [6.07, 6.45) is 4.20. The standard InChI is InChI=1S/C24H30ClN3O4S/c1-3-32-23-12-11-21(18-22(23)25)33(30,31)26-19(2)24(29)28-16-14-27(15-17-28)13-7-10-20-8-5-4-6-9-20/h4-12,18-19,26H,3,13-17H2,1-2H3/b10-7+/t19-/m1/s1. The van der Waals surface area contributed by atoms with Crippen LogP contribution in [-0.2, 0) is 14.8 Å². The summed E-state index contributed by atoms with van der Waals surface area (Å²) in [7, 11) is -3.90. The number of ether oxygens (including phenoxy) is 1. The summed E-state index contributed by atoms with van der Waals surface area (Å²) in [5.41, 5.74) is 1.15. The van der Waals surface area contributed by atoms with Gasteiger partial charge in [0.15, 0.2) is 0 Å². The van der Waals surface area contributed by atoms with Crippen molar-refractivity contribution in [3.8, 4) is 5.75 Å². The van der Waals surface area contributed by atoms with Crippen molar-refractivity contribution in [2.24, 2.45) is 0 Å². The summed E-state index contributed by atoms with van der Waals surface area (Å²) < 4.78 is 33.3. The van der Waals surface area contributed by atoms with E-state index in [0.29, 0.717) is 25.4 Å². The van der Waals surface area contributed by atoms with Crippen molar-refractivity contribution in [2.45, 2.75) is 24.8 Å². The van der Waals surface area contributed by atoms with Gasteiger partial charge in [-0.3, -0.25) is 9.69 Å². The smallest absolute Gasteiger partial charge is 0.241 e. The Morgan fingerprint density at radius 1 is 1.15 bits per heavy atom. The first-order valence-electron chi connectivity index (χ1n) is 11.0. The van der Waals surface area contributed by atoms with Gasteiger partial charge in [0.25, 0.3) is 0 Å². The summed E-state index contributed by atoms with van der Waals surface area (Å²) in [4.78, 5) is 16.8. The number of nitrogens with zero attached hydrogens (tertiary/aromatic N) is 2. The highest BCUT2D eigenvalue weighted by Crippen LogP contribution is 2.27. The topological polar surface area (TPSA) is 78.9 Å². The highest BCUT2D eigenvalue weighted by Gasteiger charge is 2.28. The highest BCUT2D eigenvalue weighted by atomic mass is 35.5. The monoisotopic (exact) mass is 491 g/mol. The third-order valence-electron chi connectivity index (χ3n) is 5.37. The van der Waals surface area contributed by atoms with Crippen molar-refractivity contribution >= 4 is 33.6 Å². The zero-order valence-electron chi connectivity index (χ0n) is 18.9. The molecule has 2 aromatic carbocycles. The molecule has 1 aliphatic heterocycles. The minimum atomic E-state index is -3.90. The van der Waals surface area contributed by atoms with Crippen LogP contribution in [0.15, 0.2) is 59.5 Å². The van der Waals surface area contributed by atoms with E-state index in [-0.39, 0.29) is 15.8 Å². The van der Waals surface area contributed by atoms with Crippen LogP contribution in [0.25, 0.3) is 6.08 Å². The molecule has 1 saturated heterocycles. The molecule has 0 radical (unpaired) electrons. The van der Waals surface area contributed by atoms with Gasteiger partial charge in [-0.2, -0.15) is 4.72 Å². The van der Waals surface area contributed by atoms with Crippen LogP contribution in [-0.4, -0.2) is 69.5 Å². The molecule has 0 saturated carbocycles. The van der Waals surface area contributed by atoms with Crippen LogP contribution >= 0.6 is 11.6 Å². The predicted octanol–water partition coefficient (Wildman–Crippen LogP) is 3.26. The summed E-state index contributed by atoms with van der Waals surface area (Å²) in [6.45, 7) is 7.18. The molecule has 0 spiro atoms. The van der Waals surface area contributed by atoms with Crippen molar-refractivity contribution in [3.05, 3.63) is 65.2 Å². The van der Waals surface area contributed by atoms with Gasteiger partial charge in [0.2, 0.25) is 15.9 Å². The fraction of sp³-hybridized carbons (Fsp3) is 0.375. The Morgan fingerprint density at radius 3 is 2.48 bits per heavy atom. The third kappa shape index (κ3) is 7.04. The van der Waals surface area contributed by atoms with Gasteiger partial charge in [0, 0.05) is 32.7 Å².